The number of nitrogens with one attached hydrogen (secondary N) is 1. The zero-order valence-corrected chi connectivity index (χ0v) is 18.2. The quantitative estimate of drug-likeness (QED) is 0.650. The fraction of sp³-hybridized carbons (Fsp3) is 0.550. The number of aryl methyl sites for hydroxylation is 1. The number of ether oxygens (including phenoxy) is 1. The Morgan fingerprint density at radius 2 is 1.94 bits per heavy atom. The number of sulfonamides is 1. The summed E-state index contributed by atoms with van der Waals surface area (Å²) in [6, 6.07) is 4.05. The third-order valence-electron chi connectivity index (χ3n) is 5.91. The van der Waals surface area contributed by atoms with Crippen LogP contribution in [0, 0.1) is 0 Å². The van der Waals surface area contributed by atoms with Gasteiger partial charge in [-0.05, 0) is 43.9 Å². The van der Waals surface area contributed by atoms with Crippen LogP contribution in [0.3, 0.4) is 0 Å². The Balaban J connectivity index is 1.68. The smallest absolute Gasteiger partial charge is 0.331 e. The first-order valence-corrected chi connectivity index (χ1v) is 11.9. The van der Waals surface area contributed by atoms with Crippen LogP contribution < -0.4 is 16.0 Å². The SMILES string of the molecule is Cn1c(=O)n(CC(=O)N2CCCC2)c(=O)c2cc(S(=O)(=O)NC[C@H]3CCCO3)ccc21. The molecule has 0 spiro atoms. The third kappa shape index (κ3) is 4.30. The van der Waals surface area contributed by atoms with Crippen LogP contribution in [0.25, 0.3) is 10.9 Å². The highest BCUT2D eigenvalue weighted by Crippen LogP contribution is 2.17. The lowest BCUT2D eigenvalue weighted by Crippen LogP contribution is -2.43. The summed E-state index contributed by atoms with van der Waals surface area (Å²) < 4.78 is 35.5. The highest BCUT2D eigenvalue weighted by atomic mass is 32.2. The maximum atomic E-state index is 13.0. The second kappa shape index (κ2) is 8.56. The summed E-state index contributed by atoms with van der Waals surface area (Å²) in [5.74, 6) is -0.293. The van der Waals surface area contributed by atoms with Gasteiger partial charge in [-0.15, -0.1) is 0 Å². The van der Waals surface area contributed by atoms with Gasteiger partial charge in [0.25, 0.3) is 5.56 Å². The largest absolute Gasteiger partial charge is 0.377 e. The molecule has 1 aromatic heterocycles. The van der Waals surface area contributed by atoms with Crippen LogP contribution in [0.5, 0.6) is 0 Å². The number of carbonyl (C=O) groups excluding carboxylic acids is 1. The summed E-state index contributed by atoms with van der Waals surface area (Å²) >= 11 is 0. The highest BCUT2D eigenvalue weighted by molar-refractivity contribution is 7.89. The highest BCUT2D eigenvalue weighted by Gasteiger charge is 2.23. The number of fused-ring (bicyclic) bond motifs is 1. The van der Waals surface area contributed by atoms with Crippen molar-refractivity contribution in [3.63, 3.8) is 0 Å². The summed E-state index contributed by atoms with van der Waals surface area (Å²) in [4.78, 5) is 39.8. The van der Waals surface area contributed by atoms with Gasteiger partial charge in [-0.3, -0.25) is 18.7 Å². The molecule has 2 saturated heterocycles. The maximum Gasteiger partial charge on any atom is 0.331 e. The number of benzene rings is 1. The summed E-state index contributed by atoms with van der Waals surface area (Å²) in [6.07, 6.45) is 3.32. The zero-order valence-electron chi connectivity index (χ0n) is 17.4. The van der Waals surface area contributed by atoms with Gasteiger partial charge < -0.3 is 9.64 Å². The number of nitrogens with zero attached hydrogens (tertiary/aromatic N) is 3. The van der Waals surface area contributed by atoms with Crippen molar-refractivity contribution in [1.82, 2.24) is 18.8 Å². The van der Waals surface area contributed by atoms with Gasteiger partial charge in [0.05, 0.1) is 21.9 Å². The van der Waals surface area contributed by atoms with Crippen LogP contribution in [-0.4, -0.2) is 60.7 Å². The van der Waals surface area contributed by atoms with Crippen molar-refractivity contribution in [3.05, 3.63) is 39.0 Å². The van der Waals surface area contributed by atoms with Gasteiger partial charge in [0.2, 0.25) is 15.9 Å². The van der Waals surface area contributed by atoms with Gasteiger partial charge >= 0.3 is 5.69 Å². The van der Waals surface area contributed by atoms with Gasteiger partial charge in [-0.25, -0.2) is 17.9 Å². The zero-order chi connectivity index (χ0) is 22.2. The van der Waals surface area contributed by atoms with E-state index < -0.39 is 21.3 Å². The first kappa shape index (κ1) is 21.7. The molecule has 0 bridgehead atoms. The number of aromatic nitrogens is 2. The predicted octanol–water partition coefficient (Wildman–Crippen LogP) is -0.220. The second-order valence-electron chi connectivity index (χ2n) is 7.99. The minimum absolute atomic E-state index is 0.0660. The van der Waals surface area contributed by atoms with Crippen molar-refractivity contribution in [2.45, 2.75) is 43.2 Å². The summed E-state index contributed by atoms with van der Waals surface area (Å²) in [7, 11) is -2.38. The predicted molar refractivity (Wildman–Crippen MR) is 113 cm³/mol. The molecular weight excluding hydrogens is 424 g/mol. The summed E-state index contributed by atoms with van der Waals surface area (Å²) in [5.41, 5.74) is -0.989. The van der Waals surface area contributed by atoms with Crippen molar-refractivity contribution in [1.29, 1.82) is 0 Å². The number of rotatable bonds is 6. The third-order valence-corrected chi connectivity index (χ3v) is 7.33. The maximum absolute atomic E-state index is 13.0. The Labute approximate surface area is 179 Å². The van der Waals surface area contributed by atoms with Crippen LogP contribution in [0.15, 0.2) is 32.7 Å². The topological polar surface area (TPSA) is 120 Å². The molecule has 0 saturated carbocycles. The number of hydrogen-bond acceptors (Lipinski definition) is 6. The molecule has 2 aliphatic rings. The number of amides is 1. The van der Waals surface area contributed by atoms with Crippen LogP contribution in [0.1, 0.15) is 25.7 Å². The minimum atomic E-state index is -3.87. The number of likely N-dealkylation sites (tertiary alicyclic amines) is 1. The van der Waals surface area contributed by atoms with Crippen molar-refractivity contribution in [2.75, 3.05) is 26.2 Å². The fourth-order valence-corrected chi connectivity index (χ4v) is 5.19. The van der Waals surface area contributed by atoms with Gasteiger partial charge in [0, 0.05) is 33.3 Å². The molecule has 1 aromatic carbocycles. The van der Waals surface area contributed by atoms with E-state index >= 15 is 0 Å². The standard InChI is InChI=1S/C20H26N4O6S/c1-22-17-7-6-15(31(28,29)21-12-14-5-4-10-30-14)11-16(17)19(26)24(20(22)27)13-18(25)23-8-2-3-9-23/h6-7,11,14,21H,2-5,8-10,12-13H2,1H3/t14-/m1/s1. The first-order chi connectivity index (χ1) is 14.8. The molecule has 0 aliphatic carbocycles. The molecular formula is C20H26N4O6S. The molecule has 4 rings (SSSR count). The molecule has 1 amide bonds. The monoisotopic (exact) mass is 450 g/mol. The van der Waals surface area contributed by atoms with E-state index in [-0.39, 0.29) is 35.4 Å². The number of hydrogen-bond donors (Lipinski definition) is 1. The Bertz CT molecular complexity index is 1220. The average molecular weight is 451 g/mol. The van der Waals surface area contributed by atoms with Crippen molar-refractivity contribution >= 4 is 26.8 Å². The van der Waals surface area contributed by atoms with Crippen molar-refractivity contribution in [2.24, 2.45) is 7.05 Å². The van der Waals surface area contributed by atoms with Gasteiger partial charge in [0.15, 0.2) is 0 Å². The molecule has 2 aliphatic heterocycles. The Morgan fingerprint density at radius 1 is 1.19 bits per heavy atom. The fourth-order valence-electron chi connectivity index (χ4n) is 4.10. The molecule has 1 N–H and O–H groups in total. The molecule has 2 fully saturated rings. The normalized spacial score (nSPS) is 19.4. The Kier molecular flexibility index (Phi) is 6.00. The molecule has 11 heteroatoms. The molecule has 0 unspecified atom stereocenters. The van der Waals surface area contributed by atoms with Crippen molar-refractivity contribution in [3.8, 4) is 0 Å². The lowest BCUT2D eigenvalue weighted by Gasteiger charge is -2.17. The minimum Gasteiger partial charge on any atom is -0.377 e. The second-order valence-corrected chi connectivity index (χ2v) is 9.75. The molecule has 168 valence electrons. The van der Waals surface area contributed by atoms with Crippen molar-refractivity contribution < 1.29 is 17.9 Å². The summed E-state index contributed by atoms with van der Waals surface area (Å²) in [5, 5.41) is 0.0660. The van der Waals surface area contributed by atoms with Gasteiger partial charge in [-0.2, -0.15) is 0 Å². The van der Waals surface area contributed by atoms with Crippen LogP contribution in [-0.2, 0) is 33.1 Å². The molecule has 0 radical (unpaired) electrons. The van der Waals surface area contributed by atoms with Gasteiger partial charge in [0.1, 0.15) is 6.54 Å². The first-order valence-electron chi connectivity index (χ1n) is 10.4. The van der Waals surface area contributed by atoms with E-state index in [9.17, 15) is 22.8 Å². The van der Waals surface area contributed by atoms with E-state index in [1.165, 1.54) is 29.8 Å². The van der Waals surface area contributed by atoms with E-state index in [0.717, 1.165) is 30.3 Å². The Morgan fingerprint density at radius 3 is 2.61 bits per heavy atom. The lowest BCUT2D eigenvalue weighted by molar-refractivity contribution is -0.130. The Hall–Kier alpha value is -2.50. The van der Waals surface area contributed by atoms with E-state index in [1.54, 1.807) is 4.90 Å². The summed E-state index contributed by atoms with van der Waals surface area (Å²) in [6.45, 7) is 1.63. The van der Waals surface area contributed by atoms with Crippen LogP contribution in [0.2, 0.25) is 0 Å². The molecule has 2 aromatic rings. The lowest BCUT2D eigenvalue weighted by atomic mass is 10.2. The van der Waals surface area contributed by atoms with Gasteiger partial charge in [-0.1, -0.05) is 0 Å². The molecule has 1 atom stereocenters. The molecule has 10 nitrogen and oxygen atoms in total. The number of carbonyl (C=O) groups is 1. The van der Waals surface area contributed by atoms with E-state index in [1.807, 2.05) is 0 Å². The molecule has 31 heavy (non-hydrogen) atoms. The van der Waals surface area contributed by atoms with E-state index in [4.69, 9.17) is 4.74 Å². The van der Waals surface area contributed by atoms with E-state index in [0.29, 0.717) is 25.2 Å². The van der Waals surface area contributed by atoms with Crippen LogP contribution in [0.4, 0.5) is 0 Å². The molecule has 3 heterocycles. The van der Waals surface area contributed by atoms with Crippen LogP contribution >= 0.6 is 0 Å². The van der Waals surface area contributed by atoms with E-state index in [2.05, 4.69) is 4.72 Å². The average Bonchev–Trinajstić information content (AvgIpc) is 3.47.